The number of rotatable bonds is 12. The highest BCUT2D eigenvalue weighted by Gasteiger charge is 2.43. The van der Waals surface area contributed by atoms with Crippen LogP contribution in [0.2, 0.25) is 0 Å². The van der Waals surface area contributed by atoms with Crippen molar-refractivity contribution in [3.05, 3.63) is 53.6 Å². The van der Waals surface area contributed by atoms with Gasteiger partial charge in [0, 0.05) is 17.9 Å². The maximum absolute atomic E-state index is 13.1. The Morgan fingerprint density at radius 1 is 0.978 bits per heavy atom. The van der Waals surface area contributed by atoms with E-state index in [0.717, 1.165) is 12.8 Å². The third-order valence-corrected chi connectivity index (χ3v) is 9.53. The van der Waals surface area contributed by atoms with Gasteiger partial charge in [-0.3, -0.25) is 24.0 Å². The zero-order valence-electron chi connectivity index (χ0n) is 27.5. The Morgan fingerprint density at radius 2 is 1.67 bits per heavy atom. The van der Waals surface area contributed by atoms with Gasteiger partial charge in [0.1, 0.15) is 24.1 Å². The Balaban J connectivity index is 1.31. The molecule has 1 saturated heterocycles. The number of hydrogen-bond donors (Lipinski definition) is 1. The van der Waals surface area contributed by atoms with E-state index in [0.29, 0.717) is 25.2 Å². The zero-order valence-corrected chi connectivity index (χ0v) is 27.5. The summed E-state index contributed by atoms with van der Waals surface area (Å²) in [6.45, 7) is 10.1. The maximum Gasteiger partial charge on any atom is 0.311 e. The fraction of sp³-hybridized carbons (Fsp3) is 0.583. The molecule has 1 aliphatic heterocycles. The van der Waals surface area contributed by atoms with Crippen LogP contribution in [0.15, 0.2) is 48.1 Å². The molecule has 1 heterocycles. The topological polar surface area (TPSA) is 148 Å². The van der Waals surface area contributed by atoms with Crippen molar-refractivity contribution in [3.8, 4) is 5.75 Å². The third-order valence-electron chi connectivity index (χ3n) is 9.53. The predicted molar refractivity (Wildman–Crippen MR) is 169 cm³/mol. The van der Waals surface area contributed by atoms with Crippen molar-refractivity contribution in [1.82, 2.24) is 0 Å². The number of nitrogens with two attached hydrogens (primary N) is 1. The number of amides is 1. The van der Waals surface area contributed by atoms with E-state index in [-0.39, 0.29) is 60.4 Å². The van der Waals surface area contributed by atoms with Crippen molar-refractivity contribution in [1.29, 1.82) is 0 Å². The van der Waals surface area contributed by atoms with Gasteiger partial charge in [-0.1, -0.05) is 39.0 Å². The van der Waals surface area contributed by atoms with Crippen molar-refractivity contribution in [2.45, 2.75) is 104 Å². The maximum atomic E-state index is 13.1. The first-order chi connectivity index (χ1) is 21.7. The SMILES string of the molecule is CCC(C)(C)C(=O)O[C@H]1C[C@@H](C)C=C2C=C[C@H](C)[C@H](CC[C@H]3C[C@H](OC(=O)CCC(=O)Oc4ccc(C(N)=O)cc4)CC(=O)O3)[C@H]21. The lowest BCUT2D eigenvalue weighted by Gasteiger charge is -2.44. The molecule has 10 heteroatoms. The fourth-order valence-electron chi connectivity index (χ4n) is 6.47. The molecule has 1 aromatic carbocycles. The Labute approximate surface area is 271 Å². The second-order valence-electron chi connectivity index (χ2n) is 13.6. The fourth-order valence-corrected chi connectivity index (χ4v) is 6.47. The number of esters is 4. The number of carbonyl (C=O) groups is 5. The second kappa shape index (κ2) is 15.1. The summed E-state index contributed by atoms with van der Waals surface area (Å²) >= 11 is 0. The van der Waals surface area contributed by atoms with Crippen LogP contribution in [0.4, 0.5) is 0 Å². The average molecular weight is 638 g/mol. The molecule has 10 nitrogen and oxygen atoms in total. The standard InChI is InChI=1S/C36H47NO9/c1-6-36(4,5)35(42)46-29-18-21(2)17-24-8-7-22(3)28(33(24)29)14-13-26-19-27(20-32(40)44-26)45-31(39)16-15-30(38)43-25-11-9-23(10-12-25)34(37)41/h7-12,17,21-22,26-29,33H,6,13-16,18-20H2,1-5H3,(H2,37,41)/t21-,22-,26-,27-,28-,29-,33-/m0/s1. The van der Waals surface area contributed by atoms with Gasteiger partial charge in [0.25, 0.3) is 0 Å². The van der Waals surface area contributed by atoms with Crippen LogP contribution in [-0.2, 0) is 33.4 Å². The quantitative estimate of drug-likeness (QED) is 0.175. The van der Waals surface area contributed by atoms with Crippen LogP contribution in [0.3, 0.4) is 0 Å². The molecule has 2 aliphatic carbocycles. The molecule has 4 rings (SSSR count). The van der Waals surface area contributed by atoms with Crippen LogP contribution in [0.1, 0.15) is 96.3 Å². The average Bonchev–Trinajstić information content (AvgIpc) is 2.99. The summed E-state index contributed by atoms with van der Waals surface area (Å²) in [6, 6.07) is 5.77. The Hall–Kier alpha value is -3.95. The molecule has 0 aromatic heterocycles. The summed E-state index contributed by atoms with van der Waals surface area (Å²) in [4.78, 5) is 61.6. The van der Waals surface area contributed by atoms with Crippen molar-refractivity contribution in [2.24, 2.45) is 34.8 Å². The summed E-state index contributed by atoms with van der Waals surface area (Å²) in [5.41, 5.74) is 6.13. The van der Waals surface area contributed by atoms with Gasteiger partial charge in [-0.25, -0.2) is 0 Å². The van der Waals surface area contributed by atoms with Gasteiger partial charge in [0.15, 0.2) is 0 Å². The van der Waals surface area contributed by atoms with Crippen molar-refractivity contribution in [3.63, 3.8) is 0 Å². The molecule has 1 fully saturated rings. The van der Waals surface area contributed by atoms with E-state index in [2.05, 4.69) is 32.1 Å². The molecule has 250 valence electrons. The van der Waals surface area contributed by atoms with Gasteiger partial charge in [-0.15, -0.1) is 0 Å². The molecule has 46 heavy (non-hydrogen) atoms. The lowest BCUT2D eigenvalue weighted by Crippen LogP contribution is -2.43. The second-order valence-corrected chi connectivity index (χ2v) is 13.6. The Morgan fingerprint density at radius 3 is 2.35 bits per heavy atom. The summed E-state index contributed by atoms with van der Waals surface area (Å²) < 4.78 is 22.7. The van der Waals surface area contributed by atoms with Gasteiger partial charge in [0.05, 0.1) is 24.7 Å². The highest BCUT2D eigenvalue weighted by Crippen LogP contribution is 2.45. The summed E-state index contributed by atoms with van der Waals surface area (Å²) in [7, 11) is 0. The van der Waals surface area contributed by atoms with Crippen molar-refractivity contribution < 1.29 is 42.9 Å². The minimum atomic E-state index is -0.643. The molecule has 2 N–H and O–H groups in total. The smallest absolute Gasteiger partial charge is 0.311 e. The molecular weight excluding hydrogens is 590 g/mol. The predicted octanol–water partition coefficient (Wildman–Crippen LogP) is 5.62. The number of cyclic esters (lactones) is 1. The summed E-state index contributed by atoms with van der Waals surface area (Å²) in [5, 5.41) is 0. The van der Waals surface area contributed by atoms with Crippen molar-refractivity contribution in [2.75, 3.05) is 0 Å². The van der Waals surface area contributed by atoms with Crippen LogP contribution >= 0.6 is 0 Å². The minimum Gasteiger partial charge on any atom is -0.462 e. The number of fused-ring (bicyclic) bond motifs is 1. The highest BCUT2D eigenvalue weighted by molar-refractivity contribution is 5.93. The van der Waals surface area contributed by atoms with Gasteiger partial charge >= 0.3 is 23.9 Å². The van der Waals surface area contributed by atoms with Gasteiger partial charge < -0.3 is 24.7 Å². The monoisotopic (exact) mass is 637 g/mol. The van der Waals surface area contributed by atoms with E-state index < -0.39 is 41.4 Å². The Bertz CT molecular complexity index is 1360. The van der Waals surface area contributed by atoms with E-state index in [1.165, 1.54) is 29.8 Å². The molecule has 0 unspecified atom stereocenters. The summed E-state index contributed by atoms with van der Waals surface area (Å²) in [5.74, 6) is -1.43. The van der Waals surface area contributed by atoms with Crippen molar-refractivity contribution >= 4 is 29.8 Å². The van der Waals surface area contributed by atoms with E-state index in [4.69, 9.17) is 24.7 Å². The molecule has 1 amide bonds. The number of ether oxygens (including phenoxy) is 4. The van der Waals surface area contributed by atoms with Crippen LogP contribution in [-0.4, -0.2) is 48.1 Å². The van der Waals surface area contributed by atoms with E-state index >= 15 is 0 Å². The molecule has 0 bridgehead atoms. The van der Waals surface area contributed by atoms with E-state index in [1.807, 2.05) is 20.8 Å². The Kier molecular flexibility index (Phi) is 11.5. The van der Waals surface area contributed by atoms with Gasteiger partial charge in [-0.05, 0) is 87.1 Å². The molecule has 1 aromatic rings. The number of carbonyl (C=O) groups excluding carboxylic acids is 5. The third kappa shape index (κ3) is 9.07. The first-order valence-electron chi connectivity index (χ1n) is 16.4. The van der Waals surface area contributed by atoms with Crippen LogP contribution in [0.25, 0.3) is 0 Å². The van der Waals surface area contributed by atoms with E-state index in [1.54, 1.807) is 0 Å². The first kappa shape index (κ1) is 34.9. The normalized spacial score (nSPS) is 27.5. The molecule has 3 aliphatic rings. The zero-order chi connectivity index (χ0) is 33.6. The van der Waals surface area contributed by atoms with Gasteiger partial charge in [0.2, 0.25) is 5.91 Å². The van der Waals surface area contributed by atoms with Crippen LogP contribution in [0.5, 0.6) is 5.75 Å². The molecule has 7 atom stereocenters. The van der Waals surface area contributed by atoms with Gasteiger partial charge in [-0.2, -0.15) is 0 Å². The van der Waals surface area contributed by atoms with E-state index in [9.17, 15) is 24.0 Å². The lowest BCUT2D eigenvalue weighted by atomic mass is 9.65. The molecule has 0 saturated carbocycles. The number of benzene rings is 1. The molecule has 0 spiro atoms. The van der Waals surface area contributed by atoms with Crippen LogP contribution < -0.4 is 10.5 Å². The highest BCUT2D eigenvalue weighted by atomic mass is 16.6. The first-order valence-corrected chi connectivity index (χ1v) is 16.4. The molecular formula is C36H47NO9. The lowest BCUT2D eigenvalue weighted by molar-refractivity contribution is -0.171. The minimum absolute atomic E-state index is 0.0416. The molecule has 0 radical (unpaired) electrons. The van der Waals surface area contributed by atoms with Crippen LogP contribution in [0, 0.1) is 29.1 Å². The summed E-state index contributed by atoms with van der Waals surface area (Å²) in [6.07, 6.45) is 8.08. The largest absolute Gasteiger partial charge is 0.462 e. The number of primary amides is 1. The number of allylic oxidation sites excluding steroid dienone is 3. The number of hydrogen-bond acceptors (Lipinski definition) is 9.